The van der Waals surface area contributed by atoms with Crippen LogP contribution in [0.2, 0.25) is 0 Å². The van der Waals surface area contributed by atoms with Crippen molar-refractivity contribution >= 4 is 0 Å². The zero-order chi connectivity index (χ0) is 11.4. The van der Waals surface area contributed by atoms with Crippen LogP contribution in [-0.2, 0) is 0 Å². The van der Waals surface area contributed by atoms with Crippen LogP contribution in [-0.4, -0.2) is 36.6 Å². The highest BCUT2D eigenvalue weighted by Gasteiger charge is 2.32. The molecule has 0 aliphatic heterocycles. The van der Waals surface area contributed by atoms with Crippen molar-refractivity contribution in [3.63, 3.8) is 0 Å². The van der Waals surface area contributed by atoms with Crippen LogP contribution in [0.15, 0.2) is 0 Å². The van der Waals surface area contributed by atoms with E-state index in [1.165, 1.54) is 51.4 Å². The molecule has 2 nitrogen and oxygen atoms in total. The second-order valence-electron chi connectivity index (χ2n) is 5.62. The Bertz CT molecular complexity index is 197. The Morgan fingerprint density at radius 3 is 2.31 bits per heavy atom. The predicted octanol–water partition coefficient (Wildman–Crippen LogP) is 2.78. The molecular weight excluding hydrogens is 196 g/mol. The van der Waals surface area contributed by atoms with E-state index < -0.39 is 0 Å². The summed E-state index contributed by atoms with van der Waals surface area (Å²) < 4.78 is 0. The molecule has 0 bridgehead atoms. The Labute approximate surface area is 101 Å². The topological polar surface area (TPSA) is 15.3 Å². The van der Waals surface area contributed by atoms with E-state index in [1.807, 2.05) is 0 Å². The fourth-order valence-corrected chi connectivity index (χ4v) is 3.68. The average Bonchev–Trinajstić information content (AvgIpc) is 2.83. The standard InChI is InChI=1S/C14H28N2/c1-3-15-13-10-6-7-11-14(13)16(2)12-8-4-5-9-12/h12-15H,3-11H2,1-2H3. The SMILES string of the molecule is CCNC1CCCCC1N(C)C1CCCC1. The Morgan fingerprint density at radius 2 is 1.62 bits per heavy atom. The third-order valence-electron chi connectivity index (χ3n) is 4.62. The minimum atomic E-state index is 0.754. The molecule has 1 N–H and O–H groups in total. The lowest BCUT2D eigenvalue weighted by atomic mass is 9.88. The molecule has 0 aromatic carbocycles. The lowest BCUT2D eigenvalue weighted by molar-refractivity contribution is 0.109. The van der Waals surface area contributed by atoms with E-state index in [4.69, 9.17) is 0 Å². The third-order valence-corrected chi connectivity index (χ3v) is 4.62. The molecule has 2 heteroatoms. The van der Waals surface area contributed by atoms with E-state index in [1.54, 1.807) is 0 Å². The molecule has 2 aliphatic rings. The number of nitrogens with zero attached hydrogens (tertiary/aromatic N) is 1. The summed E-state index contributed by atoms with van der Waals surface area (Å²) in [5.74, 6) is 0. The lowest BCUT2D eigenvalue weighted by Crippen LogP contribution is -2.52. The highest BCUT2D eigenvalue weighted by Crippen LogP contribution is 2.29. The van der Waals surface area contributed by atoms with Crippen LogP contribution in [0.1, 0.15) is 58.3 Å². The van der Waals surface area contributed by atoms with Gasteiger partial charge < -0.3 is 5.32 Å². The van der Waals surface area contributed by atoms with Crippen molar-refractivity contribution in [1.29, 1.82) is 0 Å². The zero-order valence-electron chi connectivity index (χ0n) is 11.0. The van der Waals surface area contributed by atoms with Gasteiger partial charge in [-0.2, -0.15) is 0 Å². The smallest absolute Gasteiger partial charge is 0.0249 e. The quantitative estimate of drug-likeness (QED) is 0.790. The number of rotatable bonds is 4. The first-order valence-corrected chi connectivity index (χ1v) is 7.28. The van der Waals surface area contributed by atoms with E-state index in [9.17, 15) is 0 Å². The summed E-state index contributed by atoms with van der Waals surface area (Å²) in [6.07, 6.45) is 11.4. The number of hydrogen-bond acceptors (Lipinski definition) is 2. The van der Waals surface area contributed by atoms with Crippen LogP contribution < -0.4 is 5.32 Å². The molecule has 94 valence electrons. The Hall–Kier alpha value is -0.0800. The molecule has 0 amide bonds. The van der Waals surface area contributed by atoms with Gasteiger partial charge in [-0.1, -0.05) is 32.6 Å². The maximum atomic E-state index is 3.70. The average molecular weight is 224 g/mol. The van der Waals surface area contributed by atoms with Crippen molar-refractivity contribution in [2.75, 3.05) is 13.6 Å². The molecule has 0 heterocycles. The summed E-state index contributed by atoms with van der Waals surface area (Å²) in [5, 5.41) is 3.70. The minimum absolute atomic E-state index is 0.754. The molecule has 2 rings (SSSR count). The Balaban J connectivity index is 1.92. The van der Waals surface area contributed by atoms with Gasteiger partial charge in [0.1, 0.15) is 0 Å². The fraction of sp³-hybridized carbons (Fsp3) is 1.00. The van der Waals surface area contributed by atoms with Gasteiger partial charge in [0.25, 0.3) is 0 Å². The fourth-order valence-electron chi connectivity index (χ4n) is 3.68. The Kier molecular flexibility index (Phi) is 4.66. The van der Waals surface area contributed by atoms with Gasteiger partial charge in [0.15, 0.2) is 0 Å². The third kappa shape index (κ3) is 2.78. The molecule has 0 spiro atoms. The molecule has 0 radical (unpaired) electrons. The molecular formula is C14H28N2. The summed E-state index contributed by atoms with van der Waals surface area (Å²) in [6.45, 7) is 3.36. The van der Waals surface area contributed by atoms with Gasteiger partial charge in [-0.15, -0.1) is 0 Å². The first-order valence-electron chi connectivity index (χ1n) is 7.28. The van der Waals surface area contributed by atoms with E-state index in [0.29, 0.717) is 0 Å². The van der Waals surface area contributed by atoms with Crippen molar-refractivity contribution in [3.8, 4) is 0 Å². The van der Waals surface area contributed by atoms with Gasteiger partial charge in [-0.3, -0.25) is 4.90 Å². The number of nitrogens with one attached hydrogen (secondary N) is 1. The summed E-state index contributed by atoms with van der Waals surface area (Å²) in [5.41, 5.74) is 0. The van der Waals surface area contributed by atoms with Gasteiger partial charge in [0, 0.05) is 18.1 Å². The minimum Gasteiger partial charge on any atom is -0.313 e. The second kappa shape index (κ2) is 6.02. The largest absolute Gasteiger partial charge is 0.313 e. The molecule has 2 atom stereocenters. The van der Waals surface area contributed by atoms with E-state index in [0.717, 1.165) is 24.7 Å². The monoisotopic (exact) mass is 224 g/mol. The first kappa shape index (κ1) is 12.4. The van der Waals surface area contributed by atoms with Crippen LogP contribution >= 0.6 is 0 Å². The highest BCUT2D eigenvalue weighted by atomic mass is 15.2. The maximum Gasteiger partial charge on any atom is 0.0249 e. The highest BCUT2D eigenvalue weighted by molar-refractivity contribution is 4.90. The first-order chi connectivity index (χ1) is 7.83. The molecule has 2 aliphatic carbocycles. The Morgan fingerprint density at radius 1 is 1.00 bits per heavy atom. The van der Waals surface area contributed by atoms with Crippen molar-refractivity contribution in [1.82, 2.24) is 10.2 Å². The van der Waals surface area contributed by atoms with Crippen LogP contribution in [0.5, 0.6) is 0 Å². The van der Waals surface area contributed by atoms with Crippen LogP contribution in [0, 0.1) is 0 Å². The van der Waals surface area contributed by atoms with Gasteiger partial charge >= 0.3 is 0 Å². The number of likely N-dealkylation sites (N-methyl/N-ethyl adjacent to an activating group) is 2. The molecule has 0 aromatic rings. The van der Waals surface area contributed by atoms with Crippen molar-refractivity contribution in [3.05, 3.63) is 0 Å². The number of hydrogen-bond donors (Lipinski definition) is 1. The van der Waals surface area contributed by atoms with Crippen LogP contribution in [0.3, 0.4) is 0 Å². The molecule has 2 saturated carbocycles. The van der Waals surface area contributed by atoms with Gasteiger partial charge in [0.05, 0.1) is 0 Å². The van der Waals surface area contributed by atoms with Gasteiger partial charge in [0.2, 0.25) is 0 Å². The summed E-state index contributed by atoms with van der Waals surface area (Å²) in [6, 6.07) is 2.44. The molecule has 0 saturated heterocycles. The molecule has 2 fully saturated rings. The molecule has 0 aromatic heterocycles. The van der Waals surface area contributed by atoms with Crippen molar-refractivity contribution in [2.45, 2.75) is 76.4 Å². The van der Waals surface area contributed by atoms with Crippen LogP contribution in [0.4, 0.5) is 0 Å². The van der Waals surface area contributed by atoms with E-state index >= 15 is 0 Å². The van der Waals surface area contributed by atoms with Crippen molar-refractivity contribution in [2.24, 2.45) is 0 Å². The van der Waals surface area contributed by atoms with Crippen LogP contribution in [0.25, 0.3) is 0 Å². The lowest BCUT2D eigenvalue weighted by Gasteiger charge is -2.41. The summed E-state index contributed by atoms with van der Waals surface area (Å²) in [7, 11) is 2.37. The van der Waals surface area contributed by atoms with Gasteiger partial charge in [-0.05, 0) is 39.3 Å². The zero-order valence-corrected chi connectivity index (χ0v) is 11.0. The normalized spacial score (nSPS) is 32.4. The maximum absolute atomic E-state index is 3.70. The van der Waals surface area contributed by atoms with Gasteiger partial charge in [-0.25, -0.2) is 0 Å². The second-order valence-corrected chi connectivity index (χ2v) is 5.62. The van der Waals surface area contributed by atoms with E-state index in [-0.39, 0.29) is 0 Å². The summed E-state index contributed by atoms with van der Waals surface area (Å²) >= 11 is 0. The molecule has 16 heavy (non-hydrogen) atoms. The predicted molar refractivity (Wildman–Crippen MR) is 69.7 cm³/mol. The van der Waals surface area contributed by atoms with Crippen molar-refractivity contribution < 1.29 is 0 Å². The molecule has 2 unspecified atom stereocenters. The summed E-state index contributed by atoms with van der Waals surface area (Å²) in [4.78, 5) is 2.71. The van der Waals surface area contributed by atoms with E-state index in [2.05, 4.69) is 24.2 Å².